The third-order valence-corrected chi connectivity index (χ3v) is 3.93. The van der Waals surface area contributed by atoms with Gasteiger partial charge in [-0.05, 0) is 17.7 Å². The summed E-state index contributed by atoms with van der Waals surface area (Å²) in [7, 11) is -3.72. The number of nitrogens with two attached hydrogens (primary N) is 2. The van der Waals surface area contributed by atoms with Gasteiger partial charge in [0, 0.05) is 18.8 Å². The lowest BCUT2D eigenvalue weighted by Gasteiger charge is -2.20. The molecule has 0 saturated carbocycles. The summed E-state index contributed by atoms with van der Waals surface area (Å²) in [6.45, 7) is 1.57. The molecule has 0 spiro atoms. The van der Waals surface area contributed by atoms with Gasteiger partial charge >= 0.3 is 0 Å². The SMILES string of the molecule is CCNS(=O)(=O)N(CC(N)=O)Cc1ccc(N)cc1. The lowest BCUT2D eigenvalue weighted by Crippen LogP contribution is -2.44. The summed E-state index contributed by atoms with van der Waals surface area (Å²) in [5, 5.41) is 0. The average molecular weight is 286 g/mol. The van der Waals surface area contributed by atoms with Crippen LogP contribution in [0.4, 0.5) is 5.69 Å². The maximum atomic E-state index is 11.9. The largest absolute Gasteiger partial charge is 0.399 e. The fourth-order valence-corrected chi connectivity index (χ4v) is 2.66. The molecule has 106 valence electrons. The molecule has 1 rings (SSSR count). The van der Waals surface area contributed by atoms with E-state index in [1.807, 2.05) is 0 Å². The second-order valence-electron chi connectivity index (χ2n) is 3.98. The van der Waals surface area contributed by atoms with Crippen molar-refractivity contribution in [1.82, 2.24) is 9.03 Å². The van der Waals surface area contributed by atoms with Crippen LogP contribution in [0.2, 0.25) is 0 Å². The maximum Gasteiger partial charge on any atom is 0.280 e. The first-order chi connectivity index (χ1) is 8.85. The van der Waals surface area contributed by atoms with E-state index < -0.39 is 16.1 Å². The number of hydrogen-bond donors (Lipinski definition) is 3. The van der Waals surface area contributed by atoms with Crippen LogP contribution in [0, 0.1) is 0 Å². The summed E-state index contributed by atoms with van der Waals surface area (Å²) < 4.78 is 27.2. The average Bonchev–Trinajstić information content (AvgIpc) is 2.30. The number of rotatable bonds is 7. The van der Waals surface area contributed by atoms with E-state index in [0.717, 1.165) is 9.87 Å². The van der Waals surface area contributed by atoms with Crippen LogP contribution in [0.1, 0.15) is 12.5 Å². The molecule has 0 radical (unpaired) electrons. The van der Waals surface area contributed by atoms with E-state index in [-0.39, 0.29) is 19.6 Å². The lowest BCUT2D eigenvalue weighted by molar-refractivity contribution is -0.118. The lowest BCUT2D eigenvalue weighted by atomic mass is 10.2. The minimum absolute atomic E-state index is 0.0541. The molecule has 7 nitrogen and oxygen atoms in total. The van der Waals surface area contributed by atoms with Crippen molar-refractivity contribution < 1.29 is 13.2 Å². The highest BCUT2D eigenvalue weighted by Crippen LogP contribution is 2.10. The first-order valence-electron chi connectivity index (χ1n) is 5.72. The third-order valence-electron chi connectivity index (χ3n) is 2.34. The molecule has 19 heavy (non-hydrogen) atoms. The van der Waals surface area contributed by atoms with E-state index in [2.05, 4.69) is 4.72 Å². The van der Waals surface area contributed by atoms with Crippen LogP contribution in [-0.4, -0.2) is 31.7 Å². The number of anilines is 1. The number of benzene rings is 1. The molecule has 0 aliphatic rings. The molecule has 0 fully saturated rings. The van der Waals surface area contributed by atoms with Crippen LogP contribution >= 0.6 is 0 Å². The molecule has 1 aromatic rings. The molecule has 1 amide bonds. The zero-order chi connectivity index (χ0) is 14.5. The minimum Gasteiger partial charge on any atom is -0.399 e. The summed E-state index contributed by atoms with van der Waals surface area (Å²) in [6.07, 6.45) is 0. The quantitative estimate of drug-likeness (QED) is 0.580. The second kappa shape index (κ2) is 6.50. The Hall–Kier alpha value is -1.64. The van der Waals surface area contributed by atoms with Crippen LogP contribution < -0.4 is 16.2 Å². The highest BCUT2D eigenvalue weighted by Gasteiger charge is 2.22. The number of nitrogens with one attached hydrogen (secondary N) is 1. The van der Waals surface area contributed by atoms with E-state index in [1.54, 1.807) is 31.2 Å². The molecule has 0 heterocycles. The van der Waals surface area contributed by atoms with Gasteiger partial charge in [0.1, 0.15) is 0 Å². The number of carbonyl (C=O) groups excluding carboxylic acids is 1. The van der Waals surface area contributed by atoms with Crippen molar-refractivity contribution in [3.8, 4) is 0 Å². The van der Waals surface area contributed by atoms with Crippen molar-refractivity contribution in [2.75, 3.05) is 18.8 Å². The van der Waals surface area contributed by atoms with E-state index in [0.29, 0.717) is 5.69 Å². The summed E-state index contributed by atoms with van der Waals surface area (Å²) in [4.78, 5) is 11.0. The van der Waals surface area contributed by atoms with Crippen molar-refractivity contribution in [3.63, 3.8) is 0 Å². The molecule has 1 aromatic carbocycles. The topological polar surface area (TPSA) is 119 Å². The molecule has 0 aliphatic carbocycles. The summed E-state index contributed by atoms with van der Waals surface area (Å²) in [5.74, 6) is -0.711. The fraction of sp³-hybridized carbons (Fsp3) is 0.364. The summed E-state index contributed by atoms with van der Waals surface area (Å²) >= 11 is 0. The molecule has 0 atom stereocenters. The Morgan fingerprint density at radius 2 is 1.89 bits per heavy atom. The zero-order valence-corrected chi connectivity index (χ0v) is 11.5. The van der Waals surface area contributed by atoms with Gasteiger partial charge in [-0.1, -0.05) is 19.1 Å². The van der Waals surface area contributed by atoms with Crippen molar-refractivity contribution in [2.24, 2.45) is 5.73 Å². The van der Waals surface area contributed by atoms with Crippen molar-refractivity contribution in [1.29, 1.82) is 0 Å². The summed E-state index contributed by atoms with van der Waals surface area (Å²) in [5.41, 5.74) is 11.9. The molecule has 0 aromatic heterocycles. The molecule has 0 saturated heterocycles. The van der Waals surface area contributed by atoms with Gasteiger partial charge in [-0.15, -0.1) is 0 Å². The highest BCUT2D eigenvalue weighted by molar-refractivity contribution is 7.87. The Morgan fingerprint density at radius 1 is 1.32 bits per heavy atom. The standard InChI is InChI=1S/C11H18N4O3S/c1-2-14-19(17,18)15(8-11(13)16)7-9-3-5-10(12)6-4-9/h3-6,14H,2,7-8,12H2,1H3,(H2,13,16). The number of carbonyl (C=O) groups is 1. The Kier molecular flexibility index (Phi) is 5.28. The van der Waals surface area contributed by atoms with E-state index >= 15 is 0 Å². The Labute approximate surface area is 112 Å². The fourth-order valence-electron chi connectivity index (χ4n) is 1.50. The predicted molar refractivity (Wildman–Crippen MR) is 73.1 cm³/mol. The Morgan fingerprint density at radius 3 is 2.37 bits per heavy atom. The van der Waals surface area contributed by atoms with Crippen molar-refractivity contribution >= 4 is 21.8 Å². The van der Waals surface area contributed by atoms with Gasteiger partial charge in [-0.3, -0.25) is 4.79 Å². The molecular weight excluding hydrogens is 268 g/mol. The van der Waals surface area contributed by atoms with Crippen LogP contribution in [0.25, 0.3) is 0 Å². The van der Waals surface area contributed by atoms with Crippen molar-refractivity contribution in [3.05, 3.63) is 29.8 Å². The zero-order valence-electron chi connectivity index (χ0n) is 10.7. The Bertz CT molecular complexity index is 527. The van der Waals surface area contributed by atoms with Crippen LogP contribution in [0.3, 0.4) is 0 Å². The van der Waals surface area contributed by atoms with E-state index in [1.165, 1.54) is 0 Å². The molecular formula is C11H18N4O3S. The van der Waals surface area contributed by atoms with Gasteiger partial charge < -0.3 is 11.5 Å². The normalized spacial score (nSPS) is 11.7. The van der Waals surface area contributed by atoms with Gasteiger partial charge in [0.2, 0.25) is 5.91 Å². The van der Waals surface area contributed by atoms with Crippen LogP contribution in [0.15, 0.2) is 24.3 Å². The highest BCUT2D eigenvalue weighted by atomic mass is 32.2. The van der Waals surface area contributed by atoms with Gasteiger partial charge in [-0.25, -0.2) is 4.72 Å². The monoisotopic (exact) mass is 286 g/mol. The maximum absolute atomic E-state index is 11.9. The molecule has 0 unspecified atom stereocenters. The first kappa shape index (κ1) is 15.4. The number of primary amides is 1. The van der Waals surface area contributed by atoms with Gasteiger partial charge in [-0.2, -0.15) is 12.7 Å². The van der Waals surface area contributed by atoms with Crippen molar-refractivity contribution in [2.45, 2.75) is 13.5 Å². The minimum atomic E-state index is -3.72. The summed E-state index contributed by atoms with van der Waals surface area (Å²) in [6, 6.07) is 6.73. The molecule has 0 aliphatic heterocycles. The number of hydrogen-bond acceptors (Lipinski definition) is 4. The molecule has 5 N–H and O–H groups in total. The number of nitrogens with zero attached hydrogens (tertiary/aromatic N) is 1. The van der Waals surface area contributed by atoms with Gasteiger partial charge in [0.25, 0.3) is 10.2 Å². The first-order valence-corrected chi connectivity index (χ1v) is 7.16. The van der Waals surface area contributed by atoms with E-state index in [4.69, 9.17) is 11.5 Å². The predicted octanol–water partition coefficient (Wildman–Crippen LogP) is -0.590. The third kappa shape index (κ3) is 4.86. The van der Waals surface area contributed by atoms with E-state index in [9.17, 15) is 13.2 Å². The van der Waals surface area contributed by atoms with Crippen LogP contribution in [0.5, 0.6) is 0 Å². The van der Waals surface area contributed by atoms with Gasteiger partial charge in [0.05, 0.1) is 6.54 Å². The molecule has 0 bridgehead atoms. The second-order valence-corrected chi connectivity index (χ2v) is 5.73. The smallest absolute Gasteiger partial charge is 0.280 e. The van der Waals surface area contributed by atoms with Gasteiger partial charge in [0.15, 0.2) is 0 Å². The number of nitrogen functional groups attached to an aromatic ring is 1. The van der Waals surface area contributed by atoms with Crippen LogP contribution in [-0.2, 0) is 21.5 Å². The Balaban J connectivity index is 2.92. The molecule has 8 heteroatoms. The number of amides is 1.